The van der Waals surface area contributed by atoms with Gasteiger partial charge >= 0.3 is 0 Å². The summed E-state index contributed by atoms with van der Waals surface area (Å²) in [6.07, 6.45) is 0. The average Bonchev–Trinajstić information content (AvgIpc) is 2.10. The predicted octanol–water partition coefficient (Wildman–Crippen LogP) is 0.279. The first kappa shape index (κ1) is 9.67. The molecule has 0 bridgehead atoms. The van der Waals surface area contributed by atoms with Gasteiger partial charge in [0.25, 0.3) is 0 Å². The third-order valence-electron chi connectivity index (χ3n) is 1.95. The van der Waals surface area contributed by atoms with Crippen molar-refractivity contribution in [1.82, 2.24) is 0 Å². The Bertz CT molecular complexity index is 288. The van der Waals surface area contributed by atoms with Gasteiger partial charge in [0.05, 0.1) is 18.0 Å². The molecule has 4 heteroatoms. The maximum Gasteiger partial charge on any atom is 0.0606 e. The number of aliphatic hydroxyl groups is 1. The topological polar surface area (TPSA) is 75.5 Å². The monoisotopic (exact) mass is 181 g/mol. The molecule has 0 saturated carbocycles. The normalized spacial score (nSPS) is 10.0. The SMILES string of the molecule is CN(CCO)c1ccc(N)c(N)c1. The van der Waals surface area contributed by atoms with Gasteiger partial charge in [-0.3, -0.25) is 0 Å². The van der Waals surface area contributed by atoms with Crippen molar-refractivity contribution in [2.75, 3.05) is 36.6 Å². The van der Waals surface area contributed by atoms with Crippen LogP contribution in [-0.4, -0.2) is 25.3 Å². The molecule has 0 radical (unpaired) electrons. The van der Waals surface area contributed by atoms with Crippen molar-refractivity contribution < 1.29 is 5.11 Å². The highest BCUT2D eigenvalue weighted by Crippen LogP contribution is 2.21. The minimum Gasteiger partial charge on any atom is -0.397 e. The summed E-state index contributed by atoms with van der Waals surface area (Å²) in [5.74, 6) is 0. The van der Waals surface area contributed by atoms with Crippen LogP contribution in [0.2, 0.25) is 0 Å². The summed E-state index contributed by atoms with van der Waals surface area (Å²) in [7, 11) is 1.89. The van der Waals surface area contributed by atoms with E-state index >= 15 is 0 Å². The lowest BCUT2D eigenvalue weighted by atomic mass is 10.2. The molecule has 0 fully saturated rings. The fourth-order valence-corrected chi connectivity index (χ4v) is 1.08. The Morgan fingerprint density at radius 3 is 2.54 bits per heavy atom. The molecule has 0 saturated heterocycles. The number of likely N-dealkylation sites (N-methyl/N-ethyl adjacent to an activating group) is 1. The highest BCUT2D eigenvalue weighted by Gasteiger charge is 2.01. The number of anilines is 3. The summed E-state index contributed by atoms with van der Waals surface area (Å²) in [5.41, 5.74) is 13.3. The first-order chi connectivity index (χ1) is 6.15. The van der Waals surface area contributed by atoms with Crippen LogP contribution in [0.3, 0.4) is 0 Å². The summed E-state index contributed by atoms with van der Waals surface area (Å²) in [4.78, 5) is 1.91. The van der Waals surface area contributed by atoms with E-state index in [1.165, 1.54) is 0 Å². The van der Waals surface area contributed by atoms with Crippen LogP contribution in [0.5, 0.6) is 0 Å². The summed E-state index contributed by atoms with van der Waals surface area (Å²) in [5, 5.41) is 8.72. The van der Waals surface area contributed by atoms with Crippen molar-refractivity contribution in [3.63, 3.8) is 0 Å². The summed E-state index contributed by atoms with van der Waals surface area (Å²) < 4.78 is 0. The van der Waals surface area contributed by atoms with Crippen LogP contribution in [-0.2, 0) is 0 Å². The van der Waals surface area contributed by atoms with E-state index in [9.17, 15) is 0 Å². The Kier molecular flexibility index (Phi) is 2.97. The van der Waals surface area contributed by atoms with Crippen LogP contribution in [0.1, 0.15) is 0 Å². The predicted molar refractivity (Wildman–Crippen MR) is 55.6 cm³/mol. The summed E-state index contributed by atoms with van der Waals surface area (Å²) in [6, 6.07) is 5.44. The van der Waals surface area contributed by atoms with E-state index in [0.717, 1.165) is 5.69 Å². The van der Waals surface area contributed by atoms with Gasteiger partial charge in [0.2, 0.25) is 0 Å². The van der Waals surface area contributed by atoms with Crippen molar-refractivity contribution >= 4 is 17.1 Å². The van der Waals surface area contributed by atoms with Crippen LogP contribution in [0, 0.1) is 0 Å². The second-order valence-electron chi connectivity index (χ2n) is 2.96. The van der Waals surface area contributed by atoms with Crippen molar-refractivity contribution in [2.24, 2.45) is 0 Å². The van der Waals surface area contributed by atoms with Crippen molar-refractivity contribution in [1.29, 1.82) is 0 Å². The van der Waals surface area contributed by atoms with Crippen LogP contribution in [0.4, 0.5) is 17.1 Å². The van der Waals surface area contributed by atoms with E-state index in [1.54, 1.807) is 12.1 Å². The highest BCUT2D eigenvalue weighted by atomic mass is 16.3. The number of hydrogen-bond acceptors (Lipinski definition) is 4. The molecule has 0 unspecified atom stereocenters. The van der Waals surface area contributed by atoms with Gasteiger partial charge < -0.3 is 21.5 Å². The molecule has 0 aliphatic rings. The van der Waals surface area contributed by atoms with Gasteiger partial charge in [-0.15, -0.1) is 0 Å². The molecule has 0 heterocycles. The zero-order valence-electron chi connectivity index (χ0n) is 7.70. The molecule has 1 aromatic rings. The number of hydrogen-bond donors (Lipinski definition) is 3. The Labute approximate surface area is 77.8 Å². The maximum atomic E-state index is 8.72. The molecule has 1 rings (SSSR count). The standard InChI is InChI=1S/C9H15N3O/c1-12(4-5-13)7-2-3-8(10)9(11)6-7/h2-3,6,13H,4-5,10-11H2,1H3. The Morgan fingerprint density at radius 2 is 2.00 bits per heavy atom. The number of rotatable bonds is 3. The number of nitrogens with zero attached hydrogens (tertiary/aromatic N) is 1. The van der Waals surface area contributed by atoms with Gasteiger partial charge in [-0.05, 0) is 18.2 Å². The molecule has 0 spiro atoms. The zero-order chi connectivity index (χ0) is 9.84. The zero-order valence-corrected chi connectivity index (χ0v) is 7.70. The minimum atomic E-state index is 0.126. The molecule has 0 atom stereocenters. The number of benzene rings is 1. The smallest absolute Gasteiger partial charge is 0.0606 e. The van der Waals surface area contributed by atoms with E-state index in [0.29, 0.717) is 17.9 Å². The summed E-state index contributed by atoms with van der Waals surface area (Å²) in [6.45, 7) is 0.712. The van der Waals surface area contributed by atoms with Gasteiger partial charge in [0.15, 0.2) is 0 Å². The van der Waals surface area contributed by atoms with Gasteiger partial charge in [-0.1, -0.05) is 0 Å². The summed E-state index contributed by atoms with van der Waals surface area (Å²) >= 11 is 0. The Hall–Kier alpha value is -1.42. The van der Waals surface area contributed by atoms with Gasteiger partial charge in [0.1, 0.15) is 0 Å². The van der Waals surface area contributed by atoms with Crippen molar-refractivity contribution in [3.05, 3.63) is 18.2 Å². The quantitative estimate of drug-likeness (QED) is 0.585. The largest absolute Gasteiger partial charge is 0.397 e. The van der Waals surface area contributed by atoms with Gasteiger partial charge in [-0.2, -0.15) is 0 Å². The van der Waals surface area contributed by atoms with Crippen LogP contribution in [0.15, 0.2) is 18.2 Å². The van der Waals surface area contributed by atoms with E-state index in [1.807, 2.05) is 18.0 Å². The highest BCUT2D eigenvalue weighted by molar-refractivity contribution is 5.69. The Balaban J connectivity index is 2.84. The van der Waals surface area contributed by atoms with Crippen LogP contribution < -0.4 is 16.4 Å². The van der Waals surface area contributed by atoms with Crippen LogP contribution in [0.25, 0.3) is 0 Å². The molecule has 13 heavy (non-hydrogen) atoms. The molecule has 5 N–H and O–H groups in total. The molecule has 0 aliphatic carbocycles. The molecule has 72 valence electrons. The molecule has 1 aromatic carbocycles. The fraction of sp³-hybridized carbons (Fsp3) is 0.333. The average molecular weight is 181 g/mol. The fourth-order valence-electron chi connectivity index (χ4n) is 1.08. The van der Waals surface area contributed by atoms with E-state index in [-0.39, 0.29) is 6.61 Å². The second-order valence-corrected chi connectivity index (χ2v) is 2.96. The lowest BCUT2D eigenvalue weighted by Gasteiger charge is -2.18. The van der Waals surface area contributed by atoms with Gasteiger partial charge in [-0.25, -0.2) is 0 Å². The van der Waals surface area contributed by atoms with Gasteiger partial charge in [0, 0.05) is 19.3 Å². The van der Waals surface area contributed by atoms with E-state index in [4.69, 9.17) is 16.6 Å². The first-order valence-electron chi connectivity index (χ1n) is 4.12. The molecule has 4 nitrogen and oxygen atoms in total. The maximum absolute atomic E-state index is 8.72. The molecular weight excluding hydrogens is 166 g/mol. The van der Waals surface area contributed by atoms with E-state index < -0.39 is 0 Å². The third-order valence-corrected chi connectivity index (χ3v) is 1.95. The second kappa shape index (κ2) is 4.00. The molecular formula is C9H15N3O. The lowest BCUT2D eigenvalue weighted by Crippen LogP contribution is -2.21. The minimum absolute atomic E-state index is 0.126. The van der Waals surface area contributed by atoms with Crippen molar-refractivity contribution in [2.45, 2.75) is 0 Å². The van der Waals surface area contributed by atoms with E-state index in [2.05, 4.69) is 0 Å². The number of nitrogen functional groups attached to an aromatic ring is 2. The lowest BCUT2D eigenvalue weighted by molar-refractivity contribution is 0.304. The third kappa shape index (κ3) is 2.26. The van der Waals surface area contributed by atoms with Crippen molar-refractivity contribution in [3.8, 4) is 0 Å². The number of aliphatic hydroxyl groups excluding tert-OH is 1. The number of nitrogens with two attached hydrogens (primary N) is 2. The van der Waals surface area contributed by atoms with Crippen LogP contribution >= 0.6 is 0 Å². The Morgan fingerprint density at radius 1 is 1.31 bits per heavy atom. The first-order valence-corrected chi connectivity index (χ1v) is 4.12. The molecule has 0 aliphatic heterocycles. The molecule has 0 aromatic heterocycles. The molecule has 0 amide bonds.